The van der Waals surface area contributed by atoms with Crippen molar-refractivity contribution in [1.82, 2.24) is 19.2 Å². The Morgan fingerprint density at radius 3 is 2.96 bits per heavy atom. The number of piperidine rings is 1. The molecular weight excluding hydrogens is 351 g/mol. The number of hydrogen-bond donors (Lipinski definition) is 0. The van der Waals surface area contributed by atoms with E-state index in [0.29, 0.717) is 38.3 Å². The maximum Gasteiger partial charge on any atom is 0.277 e. The quantitative estimate of drug-likeness (QED) is 0.815. The summed E-state index contributed by atoms with van der Waals surface area (Å²) in [6.07, 6.45) is 3.81. The second-order valence-electron chi connectivity index (χ2n) is 7.33. The number of nitrogens with zero attached hydrogens (tertiary/aromatic N) is 4. The summed E-state index contributed by atoms with van der Waals surface area (Å²) in [6, 6.07) is 5.09. The van der Waals surface area contributed by atoms with Gasteiger partial charge in [0.2, 0.25) is 11.9 Å². The van der Waals surface area contributed by atoms with Crippen LogP contribution in [0.1, 0.15) is 29.8 Å². The molecule has 2 fully saturated rings. The fraction of sp³-hybridized carbons (Fsp3) is 0.526. The topological polar surface area (TPSA) is 67.2 Å². The number of carbonyl (C=O) groups excluding carboxylic acids is 2. The zero-order valence-corrected chi connectivity index (χ0v) is 15.4. The highest BCUT2D eigenvalue weighted by Gasteiger charge is 2.49. The summed E-state index contributed by atoms with van der Waals surface area (Å²) in [6.45, 7) is 2.54. The predicted molar refractivity (Wildman–Crippen MR) is 95.8 cm³/mol. The molecule has 1 spiro atoms. The van der Waals surface area contributed by atoms with Gasteiger partial charge < -0.3 is 14.5 Å². The number of carbonyl (C=O) groups is 2. The van der Waals surface area contributed by atoms with Crippen LogP contribution in [0.25, 0.3) is 5.65 Å². The van der Waals surface area contributed by atoms with E-state index >= 15 is 0 Å². The molecule has 144 valence electrons. The van der Waals surface area contributed by atoms with Gasteiger partial charge in [-0.15, -0.1) is 0 Å². The van der Waals surface area contributed by atoms with Crippen molar-refractivity contribution in [2.45, 2.75) is 19.3 Å². The van der Waals surface area contributed by atoms with Gasteiger partial charge in [-0.2, -0.15) is 4.39 Å². The molecule has 0 radical (unpaired) electrons. The van der Waals surface area contributed by atoms with Crippen LogP contribution in [0.2, 0.25) is 0 Å². The Hall–Kier alpha value is -2.48. The molecule has 2 aliphatic rings. The SMILES string of the molecule is COCCN1CCC[C@]2(CCN(C(=O)c3nc4ccccn4c3F)C2)C1=O. The summed E-state index contributed by atoms with van der Waals surface area (Å²) < 4.78 is 21.0. The van der Waals surface area contributed by atoms with Crippen molar-refractivity contribution >= 4 is 17.5 Å². The van der Waals surface area contributed by atoms with E-state index in [-0.39, 0.29) is 11.6 Å². The molecule has 4 heterocycles. The molecule has 2 aliphatic heterocycles. The Labute approximate surface area is 156 Å². The van der Waals surface area contributed by atoms with E-state index in [0.717, 1.165) is 19.4 Å². The molecule has 2 aromatic rings. The first-order chi connectivity index (χ1) is 13.1. The number of fused-ring (bicyclic) bond motifs is 1. The number of halogens is 1. The van der Waals surface area contributed by atoms with E-state index in [1.807, 2.05) is 4.90 Å². The van der Waals surface area contributed by atoms with Gasteiger partial charge in [-0.25, -0.2) is 4.98 Å². The molecule has 27 heavy (non-hydrogen) atoms. The van der Waals surface area contributed by atoms with Gasteiger partial charge in [0, 0.05) is 39.5 Å². The minimum Gasteiger partial charge on any atom is -0.383 e. The number of rotatable bonds is 4. The highest BCUT2D eigenvalue weighted by atomic mass is 19.1. The highest BCUT2D eigenvalue weighted by molar-refractivity contribution is 5.94. The summed E-state index contributed by atoms with van der Waals surface area (Å²) in [7, 11) is 1.61. The number of methoxy groups -OCH3 is 1. The Morgan fingerprint density at radius 1 is 1.33 bits per heavy atom. The zero-order chi connectivity index (χ0) is 19.0. The molecule has 0 bridgehead atoms. The van der Waals surface area contributed by atoms with Crippen molar-refractivity contribution in [1.29, 1.82) is 0 Å². The smallest absolute Gasteiger partial charge is 0.277 e. The molecule has 8 heteroatoms. The van der Waals surface area contributed by atoms with Crippen LogP contribution in [0.3, 0.4) is 0 Å². The zero-order valence-electron chi connectivity index (χ0n) is 15.4. The Morgan fingerprint density at radius 2 is 2.19 bits per heavy atom. The number of imidazole rings is 1. The summed E-state index contributed by atoms with van der Waals surface area (Å²) in [4.78, 5) is 33.4. The summed E-state index contributed by atoms with van der Waals surface area (Å²) in [5.41, 5.74) is -0.346. The lowest BCUT2D eigenvalue weighted by molar-refractivity contribution is -0.146. The van der Waals surface area contributed by atoms with Gasteiger partial charge in [0.15, 0.2) is 5.69 Å². The number of amides is 2. The first-order valence-electron chi connectivity index (χ1n) is 9.26. The van der Waals surface area contributed by atoms with Crippen molar-refractivity contribution in [2.24, 2.45) is 5.41 Å². The molecular formula is C19H23FN4O3. The third-order valence-corrected chi connectivity index (χ3v) is 5.70. The van der Waals surface area contributed by atoms with Crippen LogP contribution in [0.15, 0.2) is 24.4 Å². The molecule has 2 amide bonds. The second-order valence-corrected chi connectivity index (χ2v) is 7.33. The average molecular weight is 374 g/mol. The van der Waals surface area contributed by atoms with Crippen LogP contribution in [0.4, 0.5) is 4.39 Å². The first kappa shape index (κ1) is 17.9. The van der Waals surface area contributed by atoms with Crippen molar-refractivity contribution in [2.75, 3.05) is 39.9 Å². The van der Waals surface area contributed by atoms with Crippen molar-refractivity contribution in [3.63, 3.8) is 0 Å². The minimum atomic E-state index is -0.659. The first-order valence-corrected chi connectivity index (χ1v) is 9.26. The molecule has 2 aromatic heterocycles. The van der Waals surface area contributed by atoms with Crippen LogP contribution >= 0.6 is 0 Å². The molecule has 0 N–H and O–H groups in total. The monoisotopic (exact) mass is 374 g/mol. The molecule has 1 atom stereocenters. The number of likely N-dealkylation sites (tertiary alicyclic amines) is 2. The van der Waals surface area contributed by atoms with Crippen LogP contribution in [-0.4, -0.2) is 70.9 Å². The van der Waals surface area contributed by atoms with Crippen LogP contribution in [0.5, 0.6) is 0 Å². The van der Waals surface area contributed by atoms with E-state index in [1.54, 1.807) is 30.2 Å². The lowest BCUT2D eigenvalue weighted by Gasteiger charge is -2.39. The maximum atomic E-state index is 14.6. The van der Waals surface area contributed by atoms with E-state index in [4.69, 9.17) is 4.74 Å². The van der Waals surface area contributed by atoms with Gasteiger partial charge in [0.05, 0.1) is 12.0 Å². The van der Waals surface area contributed by atoms with E-state index < -0.39 is 17.3 Å². The van der Waals surface area contributed by atoms with Gasteiger partial charge in [0.1, 0.15) is 5.65 Å². The molecule has 0 saturated carbocycles. The van der Waals surface area contributed by atoms with E-state index in [9.17, 15) is 14.0 Å². The molecule has 0 aliphatic carbocycles. The van der Waals surface area contributed by atoms with Crippen molar-refractivity contribution < 1.29 is 18.7 Å². The third-order valence-electron chi connectivity index (χ3n) is 5.70. The van der Waals surface area contributed by atoms with Crippen molar-refractivity contribution in [3.05, 3.63) is 36.0 Å². The van der Waals surface area contributed by atoms with Gasteiger partial charge in [-0.3, -0.25) is 14.0 Å². The number of aromatic nitrogens is 2. The maximum absolute atomic E-state index is 14.6. The minimum absolute atomic E-state index is 0.0802. The van der Waals surface area contributed by atoms with Gasteiger partial charge in [-0.1, -0.05) is 6.07 Å². The summed E-state index contributed by atoms with van der Waals surface area (Å²) in [5.74, 6) is -1.03. The lowest BCUT2D eigenvalue weighted by Crippen LogP contribution is -2.51. The van der Waals surface area contributed by atoms with Gasteiger partial charge in [-0.05, 0) is 31.4 Å². The van der Waals surface area contributed by atoms with Crippen molar-refractivity contribution in [3.8, 4) is 0 Å². The fourth-order valence-electron chi connectivity index (χ4n) is 4.24. The third kappa shape index (κ3) is 2.97. The van der Waals surface area contributed by atoms with Crippen LogP contribution in [-0.2, 0) is 9.53 Å². The Balaban J connectivity index is 1.54. The summed E-state index contributed by atoms with van der Waals surface area (Å²) >= 11 is 0. The van der Waals surface area contributed by atoms with E-state index in [2.05, 4.69) is 4.98 Å². The number of pyridine rings is 1. The number of ether oxygens (including phenoxy) is 1. The van der Waals surface area contributed by atoms with Crippen LogP contribution in [0, 0.1) is 11.4 Å². The lowest BCUT2D eigenvalue weighted by atomic mass is 9.78. The van der Waals surface area contributed by atoms with Gasteiger partial charge in [0.25, 0.3) is 5.91 Å². The highest BCUT2D eigenvalue weighted by Crippen LogP contribution is 2.40. The molecule has 0 aromatic carbocycles. The molecule has 2 saturated heterocycles. The summed E-state index contributed by atoms with van der Waals surface area (Å²) in [5, 5.41) is 0. The van der Waals surface area contributed by atoms with E-state index in [1.165, 1.54) is 10.6 Å². The van der Waals surface area contributed by atoms with Crippen LogP contribution < -0.4 is 0 Å². The predicted octanol–water partition coefficient (Wildman–Crippen LogP) is 1.57. The molecule has 4 rings (SSSR count). The average Bonchev–Trinajstić information content (AvgIpc) is 3.26. The fourth-order valence-corrected chi connectivity index (χ4v) is 4.24. The van der Waals surface area contributed by atoms with Gasteiger partial charge >= 0.3 is 0 Å². The second kappa shape index (κ2) is 6.92. The Bertz CT molecular complexity index is 883. The standard InChI is InChI=1S/C19H23FN4O3/c1-27-12-11-22-8-4-6-19(18(22)26)7-10-23(13-19)17(25)15-16(20)24-9-3-2-5-14(24)21-15/h2-3,5,9H,4,6-8,10-13H2,1H3/t19-/m1/s1. The number of hydrogen-bond acceptors (Lipinski definition) is 4. The normalized spacial score (nSPS) is 23.0. The largest absolute Gasteiger partial charge is 0.383 e. The molecule has 0 unspecified atom stereocenters. The Kier molecular flexibility index (Phi) is 4.59. The molecule has 7 nitrogen and oxygen atoms in total.